The van der Waals surface area contributed by atoms with Crippen LogP contribution >= 0.6 is 0 Å². The second-order valence-corrected chi connectivity index (χ2v) is 23.5. The van der Waals surface area contributed by atoms with Crippen LogP contribution in [-0.2, 0) is 0 Å². The SMILES string of the molecule is C1=c2c(n(-c3cccc(-c4cc(-c5cc(-c6cccc(-n7c8ccccc8c8ccccc87)c6)cc(-c6cccc(-n7c8ccccc8c8ccccc87)c6)c5)cc(-c5cccc(-n6c7ccccc7c7ccccc76)c5)c4)c3)c3ccccc23)=CCC1. The monoisotopic (exact) mass is 1120 g/mol. The first-order valence-corrected chi connectivity index (χ1v) is 30.6. The van der Waals surface area contributed by atoms with Gasteiger partial charge in [-0.15, -0.1) is 0 Å². The highest BCUT2D eigenvalue weighted by molar-refractivity contribution is 6.11. The maximum absolute atomic E-state index is 2.47. The van der Waals surface area contributed by atoms with Gasteiger partial charge in [-0.25, -0.2) is 0 Å². The van der Waals surface area contributed by atoms with Gasteiger partial charge in [-0.3, -0.25) is 0 Å². The summed E-state index contributed by atoms with van der Waals surface area (Å²) in [5, 5.41) is 11.4. The lowest BCUT2D eigenvalue weighted by molar-refractivity contribution is 1.02. The smallest absolute Gasteiger partial charge is 0.0541 e. The van der Waals surface area contributed by atoms with Crippen molar-refractivity contribution >= 4 is 88.5 Å². The Morgan fingerprint density at radius 1 is 0.182 bits per heavy atom. The van der Waals surface area contributed by atoms with Crippen LogP contribution in [0.1, 0.15) is 12.8 Å². The highest BCUT2D eigenvalue weighted by Crippen LogP contribution is 2.42. The van der Waals surface area contributed by atoms with Crippen molar-refractivity contribution in [3.8, 4) is 78.4 Å². The maximum atomic E-state index is 2.47. The zero-order chi connectivity index (χ0) is 57.8. The van der Waals surface area contributed by atoms with E-state index in [2.05, 4.69) is 334 Å². The first-order chi connectivity index (χ1) is 43.6. The Morgan fingerprint density at radius 2 is 0.420 bits per heavy atom. The van der Waals surface area contributed by atoms with Gasteiger partial charge in [0.1, 0.15) is 0 Å². The molecule has 0 amide bonds. The van der Waals surface area contributed by atoms with Crippen molar-refractivity contribution < 1.29 is 0 Å². The van der Waals surface area contributed by atoms with Crippen LogP contribution in [0, 0.1) is 0 Å². The molecule has 88 heavy (non-hydrogen) atoms. The Bertz CT molecular complexity index is 5500. The third-order valence-electron chi connectivity index (χ3n) is 18.5. The van der Waals surface area contributed by atoms with Crippen molar-refractivity contribution in [2.45, 2.75) is 12.8 Å². The Balaban J connectivity index is 0.866. The predicted octanol–water partition coefficient (Wildman–Crippen LogP) is 20.6. The van der Waals surface area contributed by atoms with Crippen LogP contribution < -0.4 is 10.6 Å². The summed E-state index contributed by atoms with van der Waals surface area (Å²) in [6.45, 7) is 0. The molecule has 0 bridgehead atoms. The van der Waals surface area contributed by atoms with E-state index in [1.54, 1.807) is 0 Å². The molecule has 4 aromatic heterocycles. The van der Waals surface area contributed by atoms with Crippen LogP contribution in [0.25, 0.3) is 167 Å². The molecule has 0 saturated heterocycles. The highest BCUT2D eigenvalue weighted by Gasteiger charge is 2.20. The van der Waals surface area contributed by atoms with Crippen molar-refractivity contribution in [3.05, 3.63) is 314 Å². The fraction of sp³-hybridized carbons (Fsp3) is 0.0238. The molecule has 0 saturated carbocycles. The molecule has 0 radical (unpaired) electrons. The van der Waals surface area contributed by atoms with E-state index in [4.69, 9.17) is 0 Å². The fourth-order valence-corrected chi connectivity index (χ4v) is 14.6. The second-order valence-electron chi connectivity index (χ2n) is 23.5. The number of hydrogen-bond acceptors (Lipinski definition) is 0. The standard InChI is InChI=1S/C84H56N4/c1-9-37-77-69(29-1)70-30-2-10-38-78(70)85(77)65-25-17-21-55(51-65)59-45-60(56-22-18-26-66(52-56)86-79-39-11-3-31-71(79)72-32-4-12-40-80(72)86)48-63(47-59)64-49-61(57-23-19-27-67(53-57)87-81-41-13-5-33-73(81)74-34-6-14-42-82(74)87)46-62(50-64)58-24-20-28-68(54-58)88-83-43-15-7-35-75(83)76-36-8-16-44-84(76)88/h1-7,9-15,17-54H,8,16H2. The van der Waals surface area contributed by atoms with Crippen molar-refractivity contribution in [2.75, 3.05) is 0 Å². The Hall–Kier alpha value is -11.5. The van der Waals surface area contributed by atoms with Gasteiger partial charge in [0.05, 0.1) is 38.6 Å². The fourth-order valence-electron chi connectivity index (χ4n) is 14.6. The summed E-state index contributed by atoms with van der Waals surface area (Å²) < 4.78 is 9.75. The largest absolute Gasteiger partial charge is 0.310 e. The molecule has 0 fully saturated rings. The minimum atomic E-state index is 1.03. The molecule has 4 nitrogen and oxygen atoms in total. The third-order valence-corrected chi connectivity index (χ3v) is 18.5. The average molecular weight is 1120 g/mol. The summed E-state index contributed by atoms with van der Waals surface area (Å²) in [5.41, 5.74) is 24.3. The summed E-state index contributed by atoms with van der Waals surface area (Å²) >= 11 is 0. The van der Waals surface area contributed by atoms with E-state index in [1.807, 2.05) is 0 Å². The molecule has 1 aliphatic carbocycles. The van der Waals surface area contributed by atoms with E-state index >= 15 is 0 Å². The first-order valence-electron chi connectivity index (χ1n) is 30.6. The van der Waals surface area contributed by atoms with Gasteiger partial charge in [-0.05, 0) is 196 Å². The lowest BCUT2D eigenvalue weighted by Crippen LogP contribution is -2.30. The Kier molecular flexibility index (Phi) is 11.4. The van der Waals surface area contributed by atoms with Crippen molar-refractivity contribution in [1.29, 1.82) is 0 Å². The van der Waals surface area contributed by atoms with E-state index in [0.29, 0.717) is 0 Å². The molecule has 0 unspecified atom stereocenters. The molecule has 17 aromatic rings. The van der Waals surface area contributed by atoms with E-state index in [9.17, 15) is 0 Å². The average Bonchev–Trinajstić information content (AvgIpc) is 2.15. The molecular weight excluding hydrogens is 1060 g/mol. The molecule has 18 rings (SSSR count). The van der Waals surface area contributed by atoms with Gasteiger partial charge in [0.2, 0.25) is 0 Å². The Morgan fingerprint density at radius 3 is 0.727 bits per heavy atom. The van der Waals surface area contributed by atoms with Crippen LogP contribution in [0.15, 0.2) is 303 Å². The summed E-state index contributed by atoms with van der Waals surface area (Å²) in [6.07, 6.45) is 6.92. The van der Waals surface area contributed by atoms with Crippen LogP contribution in [0.4, 0.5) is 0 Å². The molecular formula is C84H56N4. The zero-order valence-electron chi connectivity index (χ0n) is 48.2. The Labute approximate surface area is 508 Å². The minimum absolute atomic E-state index is 1.03. The first kappa shape index (κ1) is 49.9. The third kappa shape index (κ3) is 8.00. The maximum Gasteiger partial charge on any atom is 0.0541 e. The van der Waals surface area contributed by atoms with Crippen LogP contribution in [0.3, 0.4) is 0 Å². The molecule has 0 spiro atoms. The number of rotatable bonds is 9. The normalized spacial score (nSPS) is 12.4. The number of hydrogen-bond donors (Lipinski definition) is 0. The lowest BCUT2D eigenvalue weighted by Gasteiger charge is -2.17. The van der Waals surface area contributed by atoms with Crippen LogP contribution in [0.5, 0.6) is 0 Å². The summed E-state index contributed by atoms with van der Waals surface area (Å²) in [6, 6.07) is 113. The summed E-state index contributed by atoms with van der Waals surface area (Å²) in [5.74, 6) is 0. The van der Waals surface area contributed by atoms with E-state index in [1.165, 1.54) is 86.9 Å². The molecule has 0 atom stereocenters. The van der Waals surface area contributed by atoms with Crippen molar-refractivity contribution in [1.82, 2.24) is 18.3 Å². The number of para-hydroxylation sites is 7. The van der Waals surface area contributed by atoms with Gasteiger partial charge in [0, 0.05) is 71.0 Å². The van der Waals surface area contributed by atoms with Gasteiger partial charge < -0.3 is 18.3 Å². The van der Waals surface area contributed by atoms with Gasteiger partial charge in [-0.1, -0.05) is 188 Å². The van der Waals surface area contributed by atoms with Gasteiger partial charge in [0.25, 0.3) is 0 Å². The molecule has 1 aliphatic rings. The minimum Gasteiger partial charge on any atom is -0.310 e. The lowest BCUT2D eigenvalue weighted by atomic mass is 9.89. The topological polar surface area (TPSA) is 19.7 Å². The van der Waals surface area contributed by atoms with Crippen molar-refractivity contribution in [3.63, 3.8) is 0 Å². The van der Waals surface area contributed by atoms with Gasteiger partial charge >= 0.3 is 0 Å². The van der Waals surface area contributed by atoms with Crippen LogP contribution in [-0.4, -0.2) is 18.3 Å². The van der Waals surface area contributed by atoms with E-state index in [-0.39, 0.29) is 0 Å². The molecule has 4 heteroatoms. The van der Waals surface area contributed by atoms with Crippen LogP contribution in [0.2, 0.25) is 0 Å². The van der Waals surface area contributed by atoms with E-state index in [0.717, 1.165) is 91.2 Å². The summed E-state index contributed by atoms with van der Waals surface area (Å²) in [4.78, 5) is 0. The molecule has 4 heterocycles. The van der Waals surface area contributed by atoms with Crippen molar-refractivity contribution in [2.24, 2.45) is 0 Å². The quantitative estimate of drug-likeness (QED) is 0.137. The number of aromatic nitrogens is 4. The number of fused-ring (bicyclic) bond motifs is 12. The van der Waals surface area contributed by atoms with Gasteiger partial charge in [0.15, 0.2) is 0 Å². The van der Waals surface area contributed by atoms with E-state index < -0.39 is 0 Å². The predicted molar refractivity (Wildman–Crippen MR) is 371 cm³/mol. The molecule has 13 aromatic carbocycles. The second kappa shape index (κ2) is 20.1. The molecule has 0 aliphatic heterocycles. The zero-order valence-corrected chi connectivity index (χ0v) is 48.2. The highest BCUT2D eigenvalue weighted by atomic mass is 15.0. The number of nitrogens with zero attached hydrogens (tertiary/aromatic N) is 4. The number of benzene rings is 13. The molecule has 0 N–H and O–H groups in total. The molecule has 412 valence electrons. The van der Waals surface area contributed by atoms with Gasteiger partial charge in [-0.2, -0.15) is 0 Å². The summed E-state index contributed by atoms with van der Waals surface area (Å²) in [7, 11) is 0.